The van der Waals surface area contributed by atoms with Crippen molar-refractivity contribution in [2.45, 2.75) is 0 Å². The molecule has 0 saturated carbocycles. The van der Waals surface area contributed by atoms with Crippen LogP contribution in [0.1, 0.15) is 0 Å². The lowest BCUT2D eigenvalue weighted by Crippen LogP contribution is -2.21. The van der Waals surface area contributed by atoms with E-state index in [0.717, 1.165) is 0 Å². The number of halogens is 10. The molecule has 11 heteroatoms. The first-order valence-corrected chi connectivity index (χ1v) is 6.21. The predicted molar refractivity (Wildman–Crippen MR) is 65.9 cm³/mol. The van der Waals surface area contributed by atoms with E-state index in [9.17, 15) is 43.9 Å². The maximum atomic E-state index is 14.0. The molecule has 0 spiro atoms. The van der Waals surface area contributed by atoms with E-state index in [-0.39, 0.29) is 4.90 Å². The predicted octanol–water partition coefficient (Wildman–Crippen LogP) is 4.97. The van der Waals surface area contributed by atoms with Gasteiger partial charge in [0, 0.05) is 7.05 Å². The number of hydrogen-bond acceptors (Lipinski definition) is 1. The fourth-order valence-corrected chi connectivity index (χ4v) is 2.09. The summed E-state index contributed by atoms with van der Waals surface area (Å²) in [5.74, 6) is -22.7. The Balaban J connectivity index is 3.09. The fraction of sp³-hybridized carbons (Fsp3) is 0.143. The van der Waals surface area contributed by atoms with Crippen molar-refractivity contribution >= 4 is 5.69 Å². The minimum absolute atomic E-state index is 0.0499. The van der Waals surface area contributed by atoms with Crippen LogP contribution in [0.15, 0.2) is 0 Å². The van der Waals surface area contributed by atoms with Crippen molar-refractivity contribution in [3.63, 3.8) is 0 Å². The van der Waals surface area contributed by atoms with Gasteiger partial charge >= 0.3 is 0 Å². The third-order valence-electron chi connectivity index (χ3n) is 3.26. The van der Waals surface area contributed by atoms with E-state index in [2.05, 4.69) is 0 Å². The van der Waals surface area contributed by atoms with Gasteiger partial charge in [-0.15, -0.1) is 0 Å². The van der Waals surface area contributed by atoms with E-state index in [4.69, 9.17) is 0 Å². The fourth-order valence-electron chi connectivity index (χ4n) is 2.09. The minimum atomic E-state index is -2.62. The first-order valence-electron chi connectivity index (χ1n) is 6.21. The monoisotopic (exact) mass is 377 g/mol. The van der Waals surface area contributed by atoms with Gasteiger partial charge in [0.1, 0.15) is 0 Å². The Bertz CT molecular complexity index is 835. The molecular formula is C14H5F10N. The maximum Gasteiger partial charge on any atom is 0.200 e. The maximum absolute atomic E-state index is 14.0. The largest absolute Gasteiger partial charge is 0.344 e. The average molecular weight is 377 g/mol. The molecule has 2 rings (SSSR count). The van der Waals surface area contributed by atoms with Crippen molar-refractivity contribution in [3.05, 3.63) is 52.4 Å². The van der Waals surface area contributed by atoms with Gasteiger partial charge in [0.05, 0.1) is 16.8 Å². The molecule has 25 heavy (non-hydrogen) atoms. The Hall–Kier alpha value is -2.46. The van der Waals surface area contributed by atoms with E-state index < -0.39 is 76.0 Å². The molecule has 0 heterocycles. The summed E-state index contributed by atoms with van der Waals surface area (Å²) in [4.78, 5) is 0.0499. The molecule has 0 saturated heterocycles. The number of alkyl halides is 1. The zero-order valence-electron chi connectivity index (χ0n) is 11.9. The van der Waals surface area contributed by atoms with Crippen LogP contribution in [0.3, 0.4) is 0 Å². The highest BCUT2D eigenvalue weighted by Crippen LogP contribution is 2.42. The minimum Gasteiger partial charge on any atom is -0.344 e. The van der Waals surface area contributed by atoms with E-state index in [1.54, 1.807) is 0 Å². The smallest absolute Gasteiger partial charge is 0.200 e. The number of benzene rings is 2. The van der Waals surface area contributed by atoms with Crippen LogP contribution in [0.25, 0.3) is 11.1 Å². The van der Waals surface area contributed by atoms with Crippen molar-refractivity contribution in [1.82, 2.24) is 0 Å². The van der Waals surface area contributed by atoms with Crippen LogP contribution >= 0.6 is 0 Å². The van der Waals surface area contributed by atoms with Gasteiger partial charge in [0.15, 0.2) is 53.3 Å². The molecule has 2 aromatic rings. The summed E-state index contributed by atoms with van der Waals surface area (Å²) in [7, 11) is 0.644. The normalized spacial score (nSPS) is 11.2. The summed E-state index contributed by atoms with van der Waals surface area (Å²) in [5, 5.41) is 0. The van der Waals surface area contributed by atoms with Crippen molar-refractivity contribution < 1.29 is 43.9 Å². The van der Waals surface area contributed by atoms with Crippen molar-refractivity contribution in [3.8, 4) is 11.1 Å². The molecule has 0 unspecified atom stereocenters. The Labute approximate surface area is 133 Å². The highest BCUT2D eigenvalue weighted by Gasteiger charge is 2.35. The molecule has 0 aromatic heterocycles. The van der Waals surface area contributed by atoms with Crippen LogP contribution in [-0.4, -0.2) is 13.8 Å². The number of rotatable bonds is 3. The number of anilines is 1. The summed E-state index contributed by atoms with van der Waals surface area (Å²) in [6.45, 7) is -1.69. The third kappa shape index (κ3) is 2.67. The lowest BCUT2D eigenvalue weighted by atomic mass is 9.99. The summed E-state index contributed by atoms with van der Waals surface area (Å²) in [6, 6.07) is 0. The van der Waals surface area contributed by atoms with Crippen LogP contribution in [0.2, 0.25) is 0 Å². The van der Waals surface area contributed by atoms with Crippen LogP contribution < -0.4 is 4.90 Å². The number of nitrogens with zero attached hydrogens (tertiary/aromatic N) is 1. The van der Waals surface area contributed by atoms with Gasteiger partial charge in [-0.05, 0) is 0 Å². The van der Waals surface area contributed by atoms with Crippen LogP contribution in [-0.2, 0) is 0 Å². The average Bonchev–Trinajstić information content (AvgIpc) is 2.60. The summed E-state index contributed by atoms with van der Waals surface area (Å²) >= 11 is 0. The summed E-state index contributed by atoms with van der Waals surface area (Å²) < 4.78 is 135. The third-order valence-corrected chi connectivity index (χ3v) is 3.26. The van der Waals surface area contributed by atoms with Gasteiger partial charge in [-0.2, -0.15) is 0 Å². The molecule has 0 fully saturated rings. The molecule has 0 atom stereocenters. The van der Waals surface area contributed by atoms with Gasteiger partial charge in [-0.3, -0.25) is 0 Å². The summed E-state index contributed by atoms with van der Waals surface area (Å²) in [6.07, 6.45) is 0. The lowest BCUT2D eigenvalue weighted by Gasteiger charge is -2.22. The Morgan fingerprint density at radius 3 is 1.24 bits per heavy atom. The Kier molecular flexibility index (Phi) is 4.87. The molecule has 0 aliphatic carbocycles. The standard InChI is InChI=1S/C14H5F10N/c1-25(2-15)14-4(7(18)10(21)12(23)13(14)24)3-5(16)8(19)11(22)9(20)6(3)17/h2H2,1H3. The van der Waals surface area contributed by atoms with Crippen LogP contribution in [0.4, 0.5) is 49.6 Å². The van der Waals surface area contributed by atoms with E-state index in [1.165, 1.54) is 0 Å². The molecule has 0 amide bonds. The lowest BCUT2D eigenvalue weighted by molar-refractivity contribution is 0.379. The van der Waals surface area contributed by atoms with Crippen LogP contribution in [0.5, 0.6) is 0 Å². The second-order valence-corrected chi connectivity index (χ2v) is 4.74. The SMILES string of the molecule is CN(CF)c1c(F)c(F)c(F)c(F)c1-c1c(F)c(F)c(F)c(F)c1F. The topological polar surface area (TPSA) is 3.24 Å². The van der Waals surface area contributed by atoms with Crippen LogP contribution in [0, 0.1) is 52.4 Å². The molecule has 0 radical (unpaired) electrons. The van der Waals surface area contributed by atoms with Gasteiger partial charge in [0.2, 0.25) is 5.82 Å². The van der Waals surface area contributed by atoms with Gasteiger partial charge in [0.25, 0.3) is 0 Å². The van der Waals surface area contributed by atoms with E-state index in [0.29, 0.717) is 7.05 Å². The van der Waals surface area contributed by atoms with Crippen molar-refractivity contribution in [1.29, 1.82) is 0 Å². The molecule has 2 aromatic carbocycles. The molecule has 0 N–H and O–H groups in total. The molecule has 136 valence electrons. The molecule has 0 aliphatic rings. The molecular weight excluding hydrogens is 372 g/mol. The highest BCUT2D eigenvalue weighted by atomic mass is 19.2. The van der Waals surface area contributed by atoms with Gasteiger partial charge < -0.3 is 4.90 Å². The quantitative estimate of drug-likeness (QED) is 0.316. The zero-order valence-corrected chi connectivity index (χ0v) is 11.9. The second kappa shape index (κ2) is 6.45. The van der Waals surface area contributed by atoms with Gasteiger partial charge in [-0.1, -0.05) is 0 Å². The van der Waals surface area contributed by atoms with Crippen molar-refractivity contribution in [2.75, 3.05) is 18.7 Å². The second-order valence-electron chi connectivity index (χ2n) is 4.74. The highest BCUT2D eigenvalue weighted by molar-refractivity contribution is 5.80. The Morgan fingerprint density at radius 1 is 0.520 bits per heavy atom. The Morgan fingerprint density at radius 2 is 0.840 bits per heavy atom. The van der Waals surface area contributed by atoms with Crippen molar-refractivity contribution in [2.24, 2.45) is 0 Å². The number of hydrogen-bond donors (Lipinski definition) is 0. The first kappa shape index (κ1) is 18.9. The summed E-state index contributed by atoms with van der Waals surface area (Å²) in [5.41, 5.74) is -5.49. The van der Waals surface area contributed by atoms with E-state index in [1.807, 2.05) is 0 Å². The van der Waals surface area contributed by atoms with Gasteiger partial charge in [-0.25, -0.2) is 43.9 Å². The first-order chi connectivity index (χ1) is 11.6. The van der Waals surface area contributed by atoms with E-state index >= 15 is 0 Å². The molecule has 0 bridgehead atoms. The molecule has 1 nitrogen and oxygen atoms in total. The molecule has 0 aliphatic heterocycles. The zero-order chi connectivity index (χ0) is 19.2.